The summed E-state index contributed by atoms with van der Waals surface area (Å²) in [6.45, 7) is 0. The molecule has 0 saturated carbocycles. The van der Waals surface area contributed by atoms with Crippen LogP contribution in [0.5, 0.6) is 0 Å². The van der Waals surface area contributed by atoms with Gasteiger partial charge in [0.15, 0.2) is 0 Å². The molecule has 0 aliphatic heterocycles. The molecular weight excluding hydrogens is 335 g/mol. The van der Waals surface area contributed by atoms with Gasteiger partial charge in [0, 0.05) is 0 Å². The molecule has 7 nitrogen and oxygen atoms in total. The largest absolute Gasteiger partial charge is 0.298 e. The predicted molar refractivity (Wildman–Crippen MR) is 79.6 cm³/mol. The molecule has 2 aromatic rings. The van der Waals surface area contributed by atoms with E-state index in [2.05, 4.69) is 0 Å². The third-order valence-electron chi connectivity index (χ3n) is 2.83. The highest BCUT2D eigenvalue weighted by atomic mass is 35.5. The molecule has 0 radical (unpaired) electrons. The van der Waals surface area contributed by atoms with Gasteiger partial charge >= 0.3 is 0 Å². The van der Waals surface area contributed by atoms with Gasteiger partial charge in [-0.1, -0.05) is 35.3 Å². The second-order valence-electron chi connectivity index (χ2n) is 4.12. The number of ketones is 1. The lowest BCUT2D eigenvalue weighted by molar-refractivity contribution is -0.385. The molecule has 112 valence electrons. The van der Waals surface area contributed by atoms with E-state index in [1.807, 2.05) is 0 Å². The monoisotopic (exact) mass is 340 g/mol. The minimum atomic E-state index is -0.900. The van der Waals surface area contributed by atoms with Crippen LogP contribution in [0.4, 0.5) is 11.4 Å². The molecule has 9 heteroatoms. The molecule has 0 amide bonds. The van der Waals surface area contributed by atoms with Crippen molar-refractivity contribution < 1.29 is 14.6 Å². The Balaban J connectivity index is 2.70. The van der Waals surface area contributed by atoms with E-state index in [1.54, 1.807) is 0 Å². The number of rotatable bonds is 4. The van der Waals surface area contributed by atoms with Gasteiger partial charge in [0.05, 0.1) is 9.85 Å². The van der Waals surface area contributed by atoms with Gasteiger partial charge in [-0.3, -0.25) is 25.0 Å². The minimum absolute atomic E-state index is 0.236. The summed E-state index contributed by atoms with van der Waals surface area (Å²) >= 11 is 11.5. The first-order valence-electron chi connectivity index (χ1n) is 5.75. The van der Waals surface area contributed by atoms with E-state index in [9.17, 15) is 25.0 Å². The summed E-state index contributed by atoms with van der Waals surface area (Å²) in [5.74, 6) is -0.900. The van der Waals surface area contributed by atoms with E-state index >= 15 is 0 Å². The Morgan fingerprint density at radius 1 is 0.818 bits per heavy atom. The van der Waals surface area contributed by atoms with E-state index in [0.717, 1.165) is 0 Å². The molecule has 0 unspecified atom stereocenters. The maximum atomic E-state index is 12.5. The van der Waals surface area contributed by atoms with Crippen molar-refractivity contribution in [1.29, 1.82) is 0 Å². The van der Waals surface area contributed by atoms with Gasteiger partial charge in [-0.2, -0.15) is 0 Å². The van der Waals surface area contributed by atoms with Gasteiger partial charge in [0.1, 0.15) is 21.2 Å². The molecular formula is C13H6Cl2N2O5. The van der Waals surface area contributed by atoms with Crippen LogP contribution in [0.25, 0.3) is 0 Å². The van der Waals surface area contributed by atoms with Crippen LogP contribution < -0.4 is 0 Å². The van der Waals surface area contributed by atoms with Gasteiger partial charge < -0.3 is 0 Å². The number of nitro groups is 2. The van der Waals surface area contributed by atoms with Crippen LogP contribution in [-0.4, -0.2) is 15.6 Å². The van der Waals surface area contributed by atoms with Crippen molar-refractivity contribution in [2.75, 3.05) is 0 Å². The van der Waals surface area contributed by atoms with Crippen molar-refractivity contribution in [1.82, 2.24) is 0 Å². The molecule has 0 fully saturated rings. The average molecular weight is 341 g/mol. The van der Waals surface area contributed by atoms with E-state index in [1.165, 1.54) is 36.4 Å². The number of carbonyl (C=O) groups excluding carboxylic acids is 1. The van der Waals surface area contributed by atoms with E-state index < -0.39 is 27.0 Å². The summed E-state index contributed by atoms with van der Waals surface area (Å²) < 4.78 is 0. The molecule has 2 rings (SSSR count). The summed E-state index contributed by atoms with van der Waals surface area (Å²) in [7, 11) is 0. The van der Waals surface area contributed by atoms with Crippen LogP contribution in [-0.2, 0) is 0 Å². The SMILES string of the molecule is O=C(c1cccc(Cl)c1[N+](=O)[O-])c1cccc(Cl)c1[N+](=O)[O-]. The zero-order valence-corrected chi connectivity index (χ0v) is 12.2. The number of hydrogen-bond donors (Lipinski definition) is 0. The smallest absolute Gasteiger partial charge is 0.288 e. The maximum absolute atomic E-state index is 12.5. The fourth-order valence-corrected chi connectivity index (χ4v) is 2.40. The van der Waals surface area contributed by atoms with Crippen molar-refractivity contribution >= 4 is 40.4 Å². The van der Waals surface area contributed by atoms with Crippen molar-refractivity contribution in [2.45, 2.75) is 0 Å². The van der Waals surface area contributed by atoms with Crippen LogP contribution in [0.15, 0.2) is 36.4 Å². The van der Waals surface area contributed by atoms with Gasteiger partial charge in [0.25, 0.3) is 11.4 Å². The van der Waals surface area contributed by atoms with Crippen LogP contribution in [0, 0.1) is 20.2 Å². The number of nitrogens with zero attached hydrogens (tertiary/aromatic N) is 2. The lowest BCUT2D eigenvalue weighted by Gasteiger charge is -2.05. The molecule has 2 aromatic carbocycles. The second-order valence-corrected chi connectivity index (χ2v) is 4.93. The lowest BCUT2D eigenvalue weighted by Crippen LogP contribution is -2.09. The van der Waals surface area contributed by atoms with Crippen molar-refractivity contribution in [3.8, 4) is 0 Å². The third-order valence-corrected chi connectivity index (χ3v) is 3.44. The topological polar surface area (TPSA) is 103 Å². The average Bonchev–Trinajstić information content (AvgIpc) is 2.45. The first kappa shape index (κ1) is 15.9. The minimum Gasteiger partial charge on any atom is -0.288 e. The first-order valence-corrected chi connectivity index (χ1v) is 6.50. The highest BCUT2D eigenvalue weighted by molar-refractivity contribution is 6.35. The second kappa shape index (κ2) is 6.08. The summed E-state index contributed by atoms with van der Waals surface area (Å²) in [4.78, 5) is 33.0. The van der Waals surface area contributed by atoms with Crippen LogP contribution in [0.1, 0.15) is 15.9 Å². The van der Waals surface area contributed by atoms with Crippen LogP contribution >= 0.6 is 23.2 Å². The molecule has 0 saturated heterocycles. The first-order chi connectivity index (χ1) is 10.3. The van der Waals surface area contributed by atoms with Crippen LogP contribution in [0.3, 0.4) is 0 Å². The number of nitro benzene ring substituents is 2. The molecule has 0 aromatic heterocycles. The third kappa shape index (κ3) is 2.76. The quantitative estimate of drug-likeness (QED) is 0.474. The van der Waals surface area contributed by atoms with Gasteiger partial charge in [0.2, 0.25) is 5.78 Å². The van der Waals surface area contributed by atoms with Crippen molar-refractivity contribution in [3.63, 3.8) is 0 Å². The highest BCUT2D eigenvalue weighted by Gasteiger charge is 2.30. The zero-order valence-electron chi connectivity index (χ0n) is 10.7. The van der Waals surface area contributed by atoms with Crippen molar-refractivity contribution in [3.05, 3.63) is 77.8 Å². The van der Waals surface area contributed by atoms with E-state index in [0.29, 0.717) is 0 Å². The number of hydrogen-bond acceptors (Lipinski definition) is 5. The Hall–Kier alpha value is -2.51. The molecule has 0 spiro atoms. The fraction of sp³-hybridized carbons (Fsp3) is 0. The normalized spacial score (nSPS) is 10.3. The molecule has 0 N–H and O–H groups in total. The summed E-state index contributed by atoms with van der Waals surface area (Å²) in [5, 5.41) is 21.7. The maximum Gasteiger partial charge on any atom is 0.298 e. The zero-order chi connectivity index (χ0) is 16.4. The fourth-order valence-electron chi connectivity index (χ4n) is 1.91. The van der Waals surface area contributed by atoms with Gasteiger partial charge in [-0.15, -0.1) is 0 Å². The Bertz CT molecular complexity index is 742. The summed E-state index contributed by atoms with van der Waals surface area (Å²) in [6, 6.07) is 7.55. The molecule has 0 bridgehead atoms. The molecule has 0 atom stereocenters. The van der Waals surface area contributed by atoms with Crippen LogP contribution in [0.2, 0.25) is 10.0 Å². The van der Waals surface area contributed by atoms with Gasteiger partial charge in [-0.05, 0) is 24.3 Å². The molecule has 22 heavy (non-hydrogen) atoms. The number of para-hydroxylation sites is 2. The Morgan fingerprint density at radius 2 is 1.18 bits per heavy atom. The standard InChI is InChI=1S/C13H6Cl2N2O5/c14-9-5-1-3-7(11(9)16(19)20)13(18)8-4-2-6-10(15)12(8)17(21)22/h1-6H. The van der Waals surface area contributed by atoms with E-state index in [-0.39, 0.29) is 21.2 Å². The Morgan fingerprint density at radius 3 is 1.50 bits per heavy atom. The predicted octanol–water partition coefficient (Wildman–Crippen LogP) is 4.04. The van der Waals surface area contributed by atoms with E-state index in [4.69, 9.17) is 23.2 Å². The number of halogens is 2. The number of carbonyl (C=O) groups is 1. The lowest BCUT2D eigenvalue weighted by atomic mass is 10.00. The Kier molecular flexibility index (Phi) is 4.39. The summed E-state index contributed by atoms with van der Waals surface area (Å²) in [5.41, 5.74) is -1.90. The highest BCUT2D eigenvalue weighted by Crippen LogP contribution is 2.34. The molecule has 0 aliphatic carbocycles. The Labute approximate surface area is 133 Å². The molecule has 0 aliphatic rings. The number of benzene rings is 2. The van der Waals surface area contributed by atoms with Gasteiger partial charge in [-0.25, -0.2) is 0 Å². The summed E-state index contributed by atoms with van der Waals surface area (Å²) in [6.07, 6.45) is 0. The van der Waals surface area contributed by atoms with Crippen molar-refractivity contribution in [2.24, 2.45) is 0 Å². The molecule has 0 heterocycles.